The number of rotatable bonds is 6. The summed E-state index contributed by atoms with van der Waals surface area (Å²) in [6.45, 7) is 6.19. The third-order valence-electron chi connectivity index (χ3n) is 9.78. The normalized spacial score (nSPS) is 13.2. The molecule has 8 aromatic rings. The zero-order chi connectivity index (χ0) is 32.6. The molecule has 8 aromatic carbocycles. The largest absolute Gasteiger partial charge is 0.253 e. The highest BCUT2D eigenvalue weighted by Gasteiger charge is 2.26. The van der Waals surface area contributed by atoms with Gasteiger partial charge in [0.2, 0.25) is 0 Å². The standard InChI is InChI=1S/C45H33N.C2H6/c1-29(46-43-20-12-11-19-34(43)33-21-22-33)39-27-40(30-13-5-2-6-14-30)36-25-26-38-42(32-17-9-4-10-18-32)28-41(31-15-7-3-8-16-31)37-24-23-35(39)44(36)45(37)38;1-2/h2-20,23-28,33H,21-22H2,1H3;1-2H3. The Morgan fingerprint density at radius 3 is 1.40 bits per heavy atom. The number of nitrogens with zero attached hydrogens (tertiary/aromatic N) is 1. The van der Waals surface area contributed by atoms with Crippen LogP contribution in [0.25, 0.3) is 65.7 Å². The topological polar surface area (TPSA) is 12.4 Å². The molecule has 0 aliphatic heterocycles. The van der Waals surface area contributed by atoms with Gasteiger partial charge in [0.15, 0.2) is 0 Å². The fraction of sp³-hybridized carbons (Fsp3) is 0.128. The second kappa shape index (κ2) is 12.6. The van der Waals surface area contributed by atoms with E-state index in [2.05, 4.69) is 159 Å². The lowest BCUT2D eigenvalue weighted by molar-refractivity contribution is 1.12. The summed E-state index contributed by atoms with van der Waals surface area (Å²) in [6, 6.07) is 55.4. The van der Waals surface area contributed by atoms with Crippen LogP contribution in [-0.2, 0) is 0 Å². The minimum atomic E-state index is 0.641. The van der Waals surface area contributed by atoms with Crippen LogP contribution in [-0.4, -0.2) is 5.71 Å². The first kappa shape index (κ1) is 29.8. The summed E-state index contributed by atoms with van der Waals surface area (Å²) < 4.78 is 0. The van der Waals surface area contributed by atoms with E-state index in [-0.39, 0.29) is 0 Å². The van der Waals surface area contributed by atoms with Gasteiger partial charge in [0.1, 0.15) is 0 Å². The monoisotopic (exact) mass is 617 g/mol. The molecule has 0 spiro atoms. The van der Waals surface area contributed by atoms with Crippen LogP contribution in [0.3, 0.4) is 0 Å². The summed E-state index contributed by atoms with van der Waals surface area (Å²) in [4.78, 5) is 5.35. The molecule has 0 bridgehead atoms. The number of hydrogen-bond acceptors (Lipinski definition) is 1. The van der Waals surface area contributed by atoms with E-state index in [0.29, 0.717) is 5.92 Å². The molecule has 0 amide bonds. The predicted octanol–water partition coefficient (Wildman–Crippen LogP) is 13.6. The van der Waals surface area contributed by atoms with E-state index in [0.717, 1.165) is 11.4 Å². The van der Waals surface area contributed by atoms with Crippen molar-refractivity contribution in [3.8, 4) is 33.4 Å². The highest BCUT2D eigenvalue weighted by Crippen LogP contribution is 2.48. The average molecular weight is 618 g/mol. The third-order valence-corrected chi connectivity index (χ3v) is 9.78. The average Bonchev–Trinajstić information content (AvgIpc) is 4.01. The van der Waals surface area contributed by atoms with E-state index in [1.54, 1.807) is 0 Å². The van der Waals surface area contributed by atoms with Gasteiger partial charge in [0.25, 0.3) is 0 Å². The second-order valence-corrected chi connectivity index (χ2v) is 12.6. The number of hydrogen-bond donors (Lipinski definition) is 0. The first-order valence-electron chi connectivity index (χ1n) is 17.3. The fourth-order valence-corrected chi connectivity index (χ4v) is 7.43. The summed E-state index contributed by atoms with van der Waals surface area (Å²) in [7, 11) is 0. The van der Waals surface area contributed by atoms with Crippen LogP contribution in [0.4, 0.5) is 5.69 Å². The van der Waals surface area contributed by atoms with Crippen molar-refractivity contribution in [2.45, 2.75) is 39.5 Å². The molecule has 48 heavy (non-hydrogen) atoms. The summed E-state index contributed by atoms with van der Waals surface area (Å²) in [5, 5.41) is 7.72. The van der Waals surface area contributed by atoms with Crippen molar-refractivity contribution in [3.05, 3.63) is 163 Å². The molecule has 0 unspecified atom stereocenters. The zero-order valence-corrected chi connectivity index (χ0v) is 27.9. The van der Waals surface area contributed by atoms with E-state index in [1.807, 2.05) is 13.8 Å². The van der Waals surface area contributed by atoms with Gasteiger partial charge in [-0.25, -0.2) is 0 Å². The molecule has 0 heterocycles. The van der Waals surface area contributed by atoms with Crippen molar-refractivity contribution in [1.82, 2.24) is 0 Å². The molecular formula is C47H39N. The Morgan fingerprint density at radius 2 is 0.896 bits per heavy atom. The van der Waals surface area contributed by atoms with Crippen LogP contribution < -0.4 is 0 Å². The molecule has 1 nitrogen and oxygen atoms in total. The molecule has 232 valence electrons. The van der Waals surface area contributed by atoms with E-state index in [9.17, 15) is 0 Å². The van der Waals surface area contributed by atoms with Gasteiger partial charge in [-0.3, -0.25) is 4.99 Å². The van der Waals surface area contributed by atoms with Crippen molar-refractivity contribution >= 4 is 43.7 Å². The van der Waals surface area contributed by atoms with Crippen LogP contribution in [0.5, 0.6) is 0 Å². The van der Waals surface area contributed by atoms with Gasteiger partial charge in [0.05, 0.1) is 5.69 Å². The second-order valence-electron chi connectivity index (χ2n) is 12.6. The quantitative estimate of drug-likeness (QED) is 0.130. The lowest BCUT2D eigenvalue weighted by Gasteiger charge is -2.21. The van der Waals surface area contributed by atoms with Crippen LogP contribution in [0, 0.1) is 0 Å². The summed E-state index contributed by atoms with van der Waals surface area (Å²) >= 11 is 0. The van der Waals surface area contributed by atoms with Crippen LogP contribution in [0.1, 0.15) is 50.7 Å². The van der Waals surface area contributed by atoms with Crippen LogP contribution in [0.15, 0.2) is 157 Å². The maximum Gasteiger partial charge on any atom is 0.0667 e. The Kier molecular flexibility index (Phi) is 7.82. The molecular weight excluding hydrogens is 579 g/mol. The van der Waals surface area contributed by atoms with Crippen molar-refractivity contribution in [3.63, 3.8) is 0 Å². The summed E-state index contributed by atoms with van der Waals surface area (Å²) in [5.74, 6) is 0.641. The van der Waals surface area contributed by atoms with E-state index in [4.69, 9.17) is 4.99 Å². The van der Waals surface area contributed by atoms with E-state index < -0.39 is 0 Å². The Balaban J connectivity index is 0.00000165. The molecule has 0 atom stereocenters. The zero-order valence-electron chi connectivity index (χ0n) is 27.9. The lowest BCUT2D eigenvalue weighted by atomic mass is 9.82. The van der Waals surface area contributed by atoms with Gasteiger partial charge >= 0.3 is 0 Å². The van der Waals surface area contributed by atoms with Gasteiger partial charge in [-0.1, -0.05) is 147 Å². The molecule has 1 saturated carbocycles. The van der Waals surface area contributed by atoms with Gasteiger partial charge < -0.3 is 0 Å². The highest BCUT2D eigenvalue weighted by molar-refractivity contribution is 6.32. The van der Waals surface area contributed by atoms with E-state index >= 15 is 0 Å². The van der Waals surface area contributed by atoms with Crippen LogP contribution >= 0.6 is 0 Å². The fourth-order valence-electron chi connectivity index (χ4n) is 7.43. The minimum absolute atomic E-state index is 0.641. The maximum atomic E-state index is 5.35. The third kappa shape index (κ3) is 5.17. The van der Waals surface area contributed by atoms with Gasteiger partial charge in [-0.2, -0.15) is 0 Å². The molecule has 0 N–H and O–H groups in total. The molecule has 1 fully saturated rings. The number of aliphatic imine (C=N–C) groups is 1. The SMILES string of the molecule is CC.CC(=Nc1ccccc1C1CC1)c1cc(-c2ccccc2)c2ccc3c(-c4ccccc4)cc(-c4ccccc4)c4ccc1c2c43. The molecule has 0 radical (unpaired) electrons. The van der Waals surface area contributed by atoms with Gasteiger partial charge in [-0.05, 0) is 115 Å². The Morgan fingerprint density at radius 1 is 0.479 bits per heavy atom. The van der Waals surface area contributed by atoms with Gasteiger partial charge in [0, 0.05) is 11.3 Å². The molecule has 0 saturated heterocycles. The smallest absolute Gasteiger partial charge is 0.0667 e. The minimum Gasteiger partial charge on any atom is -0.253 e. The molecule has 1 heteroatoms. The summed E-state index contributed by atoms with van der Waals surface area (Å²) in [6.07, 6.45) is 2.52. The van der Waals surface area contributed by atoms with Crippen molar-refractivity contribution in [2.75, 3.05) is 0 Å². The van der Waals surface area contributed by atoms with Gasteiger partial charge in [-0.15, -0.1) is 0 Å². The first-order valence-corrected chi connectivity index (χ1v) is 17.3. The maximum absolute atomic E-state index is 5.35. The Labute approximate surface area is 283 Å². The van der Waals surface area contributed by atoms with Crippen molar-refractivity contribution in [2.24, 2.45) is 4.99 Å². The predicted molar refractivity (Wildman–Crippen MR) is 208 cm³/mol. The first-order chi connectivity index (χ1) is 23.7. The van der Waals surface area contributed by atoms with Crippen LogP contribution in [0.2, 0.25) is 0 Å². The molecule has 9 rings (SSSR count). The summed E-state index contributed by atoms with van der Waals surface area (Å²) in [5.41, 5.74) is 12.2. The molecule has 1 aliphatic carbocycles. The Bertz CT molecular complexity index is 2340. The number of benzene rings is 8. The van der Waals surface area contributed by atoms with Crippen molar-refractivity contribution < 1.29 is 0 Å². The Hall–Kier alpha value is -5.53. The van der Waals surface area contributed by atoms with E-state index in [1.165, 1.54) is 89.7 Å². The molecule has 1 aliphatic rings. The lowest BCUT2D eigenvalue weighted by Crippen LogP contribution is -2.00. The molecule has 0 aromatic heterocycles. The van der Waals surface area contributed by atoms with Crippen molar-refractivity contribution in [1.29, 1.82) is 0 Å². The number of para-hydroxylation sites is 1. The highest BCUT2D eigenvalue weighted by atomic mass is 14.8.